The molecule has 2 aromatic heterocycles. The van der Waals surface area contributed by atoms with Crippen molar-refractivity contribution in [2.45, 2.75) is 61.8 Å². The predicted octanol–water partition coefficient (Wildman–Crippen LogP) is 7.75. The first kappa shape index (κ1) is 32.9. The first-order chi connectivity index (χ1) is 24.2. The Morgan fingerprint density at radius 3 is 2.70 bits per heavy atom. The van der Waals surface area contributed by atoms with Crippen molar-refractivity contribution in [1.82, 2.24) is 24.7 Å². The summed E-state index contributed by atoms with van der Waals surface area (Å²) in [6.45, 7) is 3.82. The van der Waals surface area contributed by atoms with Crippen LogP contribution >= 0.6 is 23.4 Å². The molecule has 3 heterocycles. The van der Waals surface area contributed by atoms with E-state index in [2.05, 4.69) is 53.7 Å². The number of aromatic carboxylic acids is 1. The predicted molar refractivity (Wildman–Crippen MR) is 202 cm³/mol. The van der Waals surface area contributed by atoms with Gasteiger partial charge in [0.2, 0.25) is 0 Å². The molecule has 8 rings (SSSR count). The van der Waals surface area contributed by atoms with E-state index in [0.29, 0.717) is 48.9 Å². The van der Waals surface area contributed by atoms with Crippen molar-refractivity contribution in [3.63, 3.8) is 0 Å². The summed E-state index contributed by atoms with van der Waals surface area (Å²) in [6, 6.07) is 17.1. The Balaban J connectivity index is 1.28. The lowest BCUT2D eigenvalue weighted by atomic mass is 9.97. The van der Waals surface area contributed by atoms with Crippen LogP contribution in [0.15, 0.2) is 70.2 Å². The zero-order valence-corrected chi connectivity index (χ0v) is 30.4. The number of carboxylic acid groups (broad SMARTS) is 1. The van der Waals surface area contributed by atoms with Gasteiger partial charge in [-0.25, -0.2) is 4.79 Å². The largest absolute Gasteiger partial charge is 0.493 e. The summed E-state index contributed by atoms with van der Waals surface area (Å²) in [5, 5.41) is 24.4. The standard InChI is InChI=1S/C39H41ClN6O3S/c1-22-35-32(43-45(22)4)21-46(26-11-12-26)20-25(42-41-2)16-24-18-34(24)50-27-17-23-8-5-6-9-28(23)33(19-27)49-15-7-10-29-30-13-14-31(40)36(35)37(30)44(3)38(29)39(47)48/h5-6,8-9,13-14,16-17,19,26,34,41H,7,10-12,15,18,20-21H2,1-4H3,(H,47,48)/b24-16+,42-25+. The highest BCUT2D eigenvalue weighted by molar-refractivity contribution is 8.00. The molecular weight excluding hydrogens is 668 g/mol. The number of carboxylic acids is 1. The summed E-state index contributed by atoms with van der Waals surface area (Å²) in [7, 11) is 5.65. The lowest BCUT2D eigenvalue weighted by Crippen LogP contribution is -2.32. The molecule has 9 nitrogen and oxygen atoms in total. The number of carbonyl (C=O) groups is 1. The minimum Gasteiger partial charge on any atom is -0.493 e. The number of nitrogens with one attached hydrogen (secondary N) is 1. The van der Waals surface area contributed by atoms with Gasteiger partial charge in [-0.3, -0.25) is 9.58 Å². The Labute approximate surface area is 300 Å². The lowest BCUT2D eigenvalue weighted by Gasteiger charge is -2.22. The molecule has 2 saturated carbocycles. The second-order valence-corrected chi connectivity index (χ2v) is 15.3. The first-order valence-corrected chi connectivity index (χ1v) is 18.5. The van der Waals surface area contributed by atoms with Gasteiger partial charge in [0.1, 0.15) is 11.4 Å². The van der Waals surface area contributed by atoms with Crippen LogP contribution in [0.25, 0.3) is 32.8 Å². The molecule has 0 spiro atoms. The smallest absolute Gasteiger partial charge is 0.352 e. The van der Waals surface area contributed by atoms with E-state index in [9.17, 15) is 9.90 Å². The lowest BCUT2D eigenvalue weighted by molar-refractivity contribution is 0.0685. The molecule has 2 fully saturated rings. The molecule has 0 saturated heterocycles. The summed E-state index contributed by atoms with van der Waals surface area (Å²) < 4.78 is 10.2. The molecule has 2 N–H and O–H groups in total. The van der Waals surface area contributed by atoms with Crippen LogP contribution in [0.1, 0.15) is 53.1 Å². The van der Waals surface area contributed by atoms with Crippen LogP contribution in [0, 0.1) is 6.92 Å². The number of ether oxygens (including phenoxy) is 1. The van der Waals surface area contributed by atoms with Gasteiger partial charge in [-0.15, -0.1) is 11.8 Å². The molecule has 1 unspecified atom stereocenters. The average Bonchev–Trinajstić information content (AvgIpc) is 4.01. The van der Waals surface area contributed by atoms with E-state index in [0.717, 1.165) is 80.5 Å². The summed E-state index contributed by atoms with van der Waals surface area (Å²) in [4.78, 5) is 16.5. The highest BCUT2D eigenvalue weighted by atomic mass is 35.5. The van der Waals surface area contributed by atoms with E-state index in [1.807, 2.05) is 55.8 Å². The molecule has 1 atom stereocenters. The molecule has 6 bridgehead atoms. The highest BCUT2D eigenvalue weighted by Gasteiger charge is 2.35. The van der Waals surface area contributed by atoms with Crippen LogP contribution < -0.4 is 10.2 Å². The Morgan fingerprint density at radius 1 is 1.10 bits per heavy atom. The molecule has 3 aromatic carbocycles. The Kier molecular flexibility index (Phi) is 8.65. The number of halogens is 1. The molecule has 0 radical (unpaired) electrons. The number of aryl methyl sites for hydroxylation is 3. The number of hydrogen-bond donors (Lipinski definition) is 2. The third-order valence-electron chi connectivity index (χ3n) is 10.2. The van der Waals surface area contributed by atoms with Crippen LogP contribution in [0.2, 0.25) is 5.02 Å². The number of hydrogen-bond acceptors (Lipinski definition) is 7. The van der Waals surface area contributed by atoms with E-state index < -0.39 is 5.97 Å². The highest BCUT2D eigenvalue weighted by Crippen LogP contribution is 2.47. The van der Waals surface area contributed by atoms with Crippen molar-refractivity contribution in [3.8, 4) is 16.9 Å². The second-order valence-electron chi connectivity index (χ2n) is 13.6. The number of rotatable bonds is 3. The van der Waals surface area contributed by atoms with Crippen molar-refractivity contribution in [2.24, 2.45) is 19.2 Å². The SMILES string of the molecule is CN/N=C1\C=C2/CC2Sc2cc(c3ccccc3c2)OCCCc2c(C(=O)O)n(C)c3c(c(Cl)ccc23)-c2c(nn(C)c2C)CN(C2CC2)C1. The monoisotopic (exact) mass is 708 g/mol. The fourth-order valence-corrected chi connectivity index (χ4v) is 9.00. The summed E-state index contributed by atoms with van der Waals surface area (Å²) in [5.41, 5.74) is 11.0. The molecule has 11 heteroatoms. The first-order valence-electron chi connectivity index (χ1n) is 17.3. The van der Waals surface area contributed by atoms with E-state index in [4.69, 9.17) is 26.5 Å². The quantitative estimate of drug-likeness (QED) is 0.185. The van der Waals surface area contributed by atoms with Gasteiger partial charge in [0.05, 0.1) is 28.6 Å². The van der Waals surface area contributed by atoms with Gasteiger partial charge in [0.15, 0.2) is 0 Å². The maximum atomic E-state index is 12.9. The van der Waals surface area contributed by atoms with Crippen molar-refractivity contribution in [1.29, 1.82) is 0 Å². The number of thioether (sulfide) groups is 1. The third-order valence-corrected chi connectivity index (χ3v) is 11.8. The van der Waals surface area contributed by atoms with Crippen molar-refractivity contribution >= 4 is 56.7 Å². The molecule has 258 valence electrons. The topological polar surface area (TPSA) is 96.9 Å². The van der Waals surface area contributed by atoms with E-state index in [1.165, 1.54) is 10.5 Å². The minimum absolute atomic E-state index is 0.275. The van der Waals surface area contributed by atoms with Crippen LogP contribution in [-0.2, 0) is 27.1 Å². The van der Waals surface area contributed by atoms with Gasteiger partial charge in [0, 0.05) is 78.0 Å². The summed E-state index contributed by atoms with van der Waals surface area (Å²) in [5.74, 6) is -0.107. The normalized spacial score (nSPS) is 20.5. The molecule has 1 aliphatic heterocycles. The minimum atomic E-state index is -0.959. The molecular formula is C39H41ClN6O3S. The maximum Gasteiger partial charge on any atom is 0.352 e. The van der Waals surface area contributed by atoms with Crippen molar-refractivity contribution in [3.05, 3.63) is 87.8 Å². The third kappa shape index (κ3) is 6.07. The Hall–Kier alpha value is -4.25. The zero-order chi connectivity index (χ0) is 34.7. The van der Waals surface area contributed by atoms with Crippen LogP contribution in [-0.4, -0.2) is 67.5 Å². The van der Waals surface area contributed by atoms with Gasteiger partial charge in [-0.2, -0.15) is 10.2 Å². The number of hydrazone groups is 1. The van der Waals surface area contributed by atoms with Crippen molar-refractivity contribution < 1.29 is 14.6 Å². The fraction of sp³-hybridized carbons (Fsp3) is 0.359. The average molecular weight is 709 g/mol. The second kappa shape index (κ2) is 13.1. The van der Waals surface area contributed by atoms with Gasteiger partial charge >= 0.3 is 5.97 Å². The number of benzene rings is 3. The Bertz CT molecular complexity index is 2230. The number of aromatic nitrogens is 3. The van der Waals surface area contributed by atoms with Gasteiger partial charge < -0.3 is 19.8 Å². The maximum absolute atomic E-state index is 12.9. The summed E-state index contributed by atoms with van der Waals surface area (Å²) in [6.07, 6.45) is 6.76. The van der Waals surface area contributed by atoms with E-state index in [1.54, 1.807) is 4.57 Å². The molecule has 3 aliphatic rings. The number of nitrogens with zero attached hydrogens (tertiary/aromatic N) is 5. The fourth-order valence-electron chi connectivity index (χ4n) is 7.56. The summed E-state index contributed by atoms with van der Waals surface area (Å²) >= 11 is 8.97. The van der Waals surface area contributed by atoms with E-state index >= 15 is 0 Å². The Morgan fingerprint density at radius 2 is 1.92 bits per heavy atom. The van der Waals surface area contributed by atoms with E-state index in [-0.39, 0.29) is 5.69 Å². The van der Waals surface area contributed by atoms with Crippen LogP contribution in [0.5, 0.6) is 5.75 Å². The zero-order valence-electron chi connectivity index (χ0n) is 28.8. The van der Waals surface area contributed by atoms with Gasteiger partial charge in [-0.05, 0) is 74.3 Å². The van der Waals surface area contributed by atoms with Crippen LogP contribution in [0.3, 0.4) is 0 Å². The number of fused-ring (bicyclic) bond motifs is 7. The van der Waals surface area contributed by atoms with Gasteiger partial charge in [0.25, 0.3) is 0 Å². The van der Waals surface area contributed by atoms with Crippen molar-refractivity contribution in [2.75, 3.05) is 20.2 Å². The molecule has 0 amide bonds. The molecule has 2 aliphatic carbocycles. The van der Waals surface area contributed by atoms with Crippen LogP contribution in [0.4, 0.5) is 0 Å². The van der Waals surface area contributed by atoms with Gasteiger partial charge in [-0.1, -0.05) is 47.5 Å². The molecule has 5 aromatic rings. The molecule has 50 heavy (non-hydrogen) atoms.